The molecule has 7 rings (SSSR count). The second-order valence-corrected chi connectivity index (χ2v) is 9.58. The summed E-state index contributed by atoms with van der Waals surface area (Å²) >= 11 is 2.41. The normalized spacial score (nSPS) is 23.1. The van der Waals surface area contributed by atoms with Crippen molar-refractivity contribution >= 4 is 28.3 Å². The summed E-state index contributed by atoms with van der Waals surface area (Å²) in [6.45, 7) is 0.536. The summed E-state index contributed by atoms with van der Waals surface area (Å²) in [4.78, 5) is 13.8. The maximum absolute atomic E-state index is 5.54. The molecule has 6 heteroatoms. The third-order valence-electron chi connectivity index (χ3n) is 6.82. The van der Waals surface area contributed by atoms with E-state index in [9.17, 15) is 0 Å². The molecule has 2 fully saturated rings. The predicted molar refractivity (Wildman–Crippen MR) is 122 cm³/mol. The van der Waals surface area contributed by atoms with E-state index in [-0.39, 0.29) is 0 Å². The van der Waals surface area contributed by atoms with Crippen LogP contribution in [0.15, 0.2) is 70.8 Å². The van der Waals surface area contributed by atoms with Gasteiger partial charge < -0.3 is 4.42 Å². The number of fused-ring (bicyclic) bond motifs is 4. The first kappa shape index (κ1) is 17.0. The van der Waals surface area contributed by atoms with Crippen LogP contribution >= 0.6 is 22.6 Å². The van der Waals surface area contributed by atoms with Crippen molar-refractivity contribution in [2.45, 2.75) is 24.8 Å². The van der Waals surface area contributed by atoms with Gasteiger partial charge in [0.2, 0.25) is 0 Å². The predicted octanol–water partition coefficient (Wildman–Crippen LogP) is 5.14. The maximum Gasteiger partial charge on any atom is 0.181 e. The number of halogens is 1. The molecule has 2 aliphatic carbocycles. The number of benzene rings is 2. The Hall–Kier alpha value is -2.74. The molecule has 1 aliphatic heterocycles. The molecule has 5 nitrogen and oxygen atoms in total. The number of rotatable bonds is 3. The molecule has 0 unspecified atom stereocenters. The van der Waals surface area contributed by atoms with E-state index >= 15 is 0 Å². The molecule has 0 amide bonds. The van der Waals surface area contributed by atoms with Crippen LogP contribution in [0.5, 0.6) is 0 Å². The average molecular weight is 504 g/mol. The zero-order valence-corrected chi connectivity index (χ0v) is 18.2. The van der Waals surface area contributed by atoms with Gasteiger partial charge in [0.05, 0.1) is 29.8 Å². The molecule has 0 atom stereocenters. The molecule has 2 aromatic carbocycles. The van der Waals surface area contributed by atoms with E-state index in [2.05, 4.69) is 79.6 Å². The summed E-state index contributed by atoms with van der Waals surface area (Å²) in [5, 5.41) is 0. The molecule has 0 saturated heterocycles. The van der Waals surface area contributed by atoms with Gasteiger partial charge in [0.1, 0.15) is 12.0 Å². The lowest BCUT2D eigenvalue weighted by Crippen LogP contribution is -2.10. The standard InChI is InChI=1S/C24H17IN4O/c25-18-4-2-1-3-16(18)22-17-7-14(24-8-15(24)9-24)5-6-19(17)29-12-28-23(20(29)10-27-22)21-11-26-13-30-21/h1-7,11-13,15H,8-10H2/t15-,24+. The van der Waals surface area contributed by atoms with Crippen molar-refractivity contribution in [2.24, 2.45) is 10.9 Å². The van der Waals surface area contributed by atoms with Gasteiger partial charge in [-0.25, -0.2) is 9.97 Å². The summed E-state index contributed by atoms with van der Waals surface area (Å²) < 4.78 is 8.92. The smallest absolute Gasteiger partial charge is 0.181 e. The lowest BCUT2D eigenvalue weighted by Gasteiger charge is -2.15. The Labute approximate surface area is 187 Å². The first-order valence-corrected chi connectivity index (χ1v) is 11.2. The number of oxazole rings is 1. The number of aliphatic imine (C=N–C) groups is 1. The highest BCUT2D eigenvalue weighted by Crippen LogP contribution is 2.75. The summed E-state index contributed by atoms with van der Waals surface area (Å²) in [7, 11) is 0. The van der Waals surface area contributed by atoms with E-state index in [0.29, 0.717) is 17.7 Å². The van der Waals surface area contributed by atoms with E-state index in [1.165, 1.54) is 39.5 Å². The van der Waals surface area contributed by atoms with Crippen molar-refractivity contribution in [3.8, 4) is 17.1 Å². The minimum absolute atomic E-state index is 0.457. The fourth-order valence-corrected chi connectivity index (χ4v) is 5.46. The number of imidazole rings is 1. The molecule has 0 spiro atoms. The van der Waals surface area contributed by atoms with Gasteiger partial charge in [-0.3, -0.25) is 9.56 Å². The van der Waals surface area contributed by atoms with Crippen molar-refractivity contribution in [3.63, 3.8) is 0 Å². The maximum atomic E-state index is 5.54. The van der Waals surface area contributed by atoms with Gasteiger partial charge in [0.25, 0.3) is 0 Å². The Morgan fingerprint density at radius 3 is 2.73 bits per heavy atom. The summed E-state index contributed by atoms with van der Waals surface area (Å²) in [6.07, 6.45) is 7.72. The minimum Gasteiger partial charge on any atom is -0.442 e. The van der Waals surface area contributed by atoms with Gasteiger partial charge in [-0.05, 0) is 70.5 Å². The van der Waals surface area contributed by atoms with Crippen molar-refractivity contribution < 1.29 is 4.42 Å². The Balaban J connectivity index is 1.47. The van der Waals surface area contributed by atoms with Crippen molar-refractivity contribution in [2.75, 3.05) is 0 Å². The Morgan fingerprint density at radius 1 is 1.10 bits per heavy atom. The van der Waals surface area contributed by atoms with Gasteiger partial charge in [-0.2, -0.15) is 0 Å². The third kappa shape index (κ3) is 2.31. The van der Waals surface area contributed by atoms with Crippen molar-refractivity contribution in [1.82, 2.24) is 14.5 Å². The molecular weight excluding hydrogens is 487 g/mol. The van der Waals surface area contributed by atoms with Crippen LogP contribution in [0.25, 0.3) is 17.1 Å². The molecule has 3 aliphatic rings. The van der Waals surface area contributed by atoms with Crippen LogP contribution in [-0.4, -0.2) is 20.2 Å². The number of hydrogen-bond acceptors (Lipinski definition) is 4. The lowest BCUT2D eigenvalue weighted by atomic mass is 9.94. The van der Waals surface area contributed by atoms with Crippen LogP contribution in [0.2, 0.25) is 0 Å². The van der Waals surface area contributed by atoms with Crippen molar-refractivity contribution in [1.29, 1.82) is 0 Å². The average Bonchev–Trinajstić information content (AvgIpc) is 3.48. The van der Waals surface area contributed by atoms with Gasteiger partial charge >= 0.3 is 0 Å². The van der Waals surface area contributed by atoms with E-state index in [4.69, 9.17) is 9.41 Å². The molecule has 3 heterocycles. The Bertz CT molecular complexity index is 1350. The zero-order chi connectivity index (χ0) is 19.9. The molecule has 0 N–H and O–H groups in total. The fourth-order valence-electron chi connectivity index (χ4n) is 4.81. The third-order valence-corrected chi connectivity index (χ3v) is 7.76. The van der Waals surface area contributed by atoms with Crippen LogP contribution < -0.4 is 0 Å². The number of hydrogen-bond donors (Lipinski definition) is 0. The quantitative estimate of drug-likeness (QED) is 0.363. The van der Waals surface area contributed by atoms with Crippen LogP contribution in [0, 0.1) is 9.49 Å². The van der Waals surface area contributed by atoms with E-state index < -0.39 is 0 Å². The molecule has 0 radical (unpaired) electrons. The summed E-state index contributed by atoms with van der Waals surface area (Å²) in [5.41, 5.74) is 8.29. The molecular formula is C24H17IN4O. The molecule has 2 aromatic heterocycles. The Morgan fingerprint density at radius 2 is 1.97 bits per heavy atom. The van der Waals surface area contributed by atoms with Gasteiger partial charge in [-0.1, -0.05) is 24.3 Å². The van der Waals surface area contributed by atoms with E-state index in [0.717, 1.165) is 28.7 Å². The van der Waals surface area contributed by atoms with Gasteiger partial charge in [0, 0.05) is 14.7 Å². The first-order valence-electron chi connectivity index (χ1n) is 10.1. The highest BCUT2D eigenvalue weighted by atomic mass is 127. The molecule has 4 aromatic rings. The minimum atomic E-state index is 0.457. The van der Waals surface area contributed by atoms with E-state index in [1.807, 2.05) is 6.33 Å². The summed E-state index contributed by atoms with van der Waals surface area (Å²) in [5.74, 6) is 1.58. The molecule has 0 bridgehead atoms. The van der Waals surface area contributed by atoms with E-state index in [1.54, 1.807) is 6.20 Å². The molecule has 2 saturated carbocycles. The lowest BCUT2D eigenvalue weighted by molar-refractivity contribution is 0.569. The second-order valence-electron chi connectivity index (χ2n) is 8.41. The number of nitrogens with zero attached hydrogens (tertiary/aromatic N) is 4. The van der Waals surface area contributed by atoms with Crippen LogP contribution in [0.4, 0.5) is 0 Å². The van der Waals surface area contributed by atoms with Crippen LogP contribution in [-0.2, 0) is 12.0 Å². The zero-order valence-electron chi connectivity index (χ0n) is 16.0. The highest BCUT2D eigenvalue weighted by molar-refractivity contribution is 14.1. The SMILES string of the molecule is Ic1ccccc1C1=NCc2c(-c3cnco3)ncn2-c2ccc([C@]34C[C@H]3C4)cc21. The van der Waals surface area contributed by atoms with Crippen LogP contribution in [0.1, 0.15) is 35.2 Å². The largest absolute Gasteiger partial charge is 0.442 e. The fraction of sp³-hybridized carbons (Fsp3) is 0.208. The monoisotopic (exact) mass is 504 g/mol. The highest BCUT2D eigenvalue weighted by Gasteiger charge is 2.70. The molecule has 146 valence electrons. The van der Waals surface area contributed by atoms with Gasteiger partial charge in [-0.15, -0.1) is 0 Å². The first-order chi connectivity index (χ1) is 14.7. The van der Waals surface area contributed by atoms with Crippen molar-refractivity contribution in [3.05, 3.63) is 87.3 Å². The van der Waals surface area contributed by atoms with Gasteiger partial charge in [0.15, 0.2) is 12.2 Å². The topological polar surface area (TPSA) is 56.2 Å². The summed E-state index contributed by atoms with van der Waals surface area (Å²) in [6, 6.07) is 15.4. The van der Waals surface area contributed by atoms with Crippen LogP contribution in [0.3, 0.4) is 0 Å². The number of aromatic nitrogens is 3. The molecule has 30 heavy (non-hydrogen) atoms. The second kappa shape index (κ2) is 5.91. The Kier molecular flexibility index (Phi) is 3.35.